The fourth-order valence-electron chi connectivity index (χ4n) is 11.7. The van der Waals surface area contributed by atoms with Crippen molar-refractivity contribution in [3.05, 3.63) is 267 Å². The zero-order valence-corrected chi connectivity index (χ0v) is 40.2. The van der Waals surface area contributed by atoms with Crippen molar-refractivity contribution in [1.29, 1.82) is 0 Å². The first-order chi connectivity index (χ1) is 36.7. The highest BCUT2D eigenvalue weighted by molar-refractivity contribution is 6.26. The van der Waals surface area contributed by atoms with Crippen molar-refractivity contribution < 1.29 is 0 Å². The van der Waals surface area contributed by atoms with E-state index >= 15 is 0 Å². The number of fused-ring (bicyclic) bond motifs is 12. The third kappa shape index (κ3) is 6.77. The molecule has 15 aromatic rings. The summed E-state index contributed by atoms with van der Waals surface area (Å²) in [6.07, 6.45) is 0. The molecule has 0 saturated carbocycles. The van der Waals surface area contributed by atoms with Crippen LogP contribution in [0.4, 0.5) is 0 Å². The summed E-state index contributed by atoms with van der Waals surface area (Å²) in [5.41, 5.74) is 16.0. The lowest BCUT2D eigenvalue weighted by Gasteiger charge is -2.16. The van der Waals surface area contributed by atoms with Crippen LogP contribution in [0.2, 0.25) is 0 Å². The smallest absolute Gasteiger partial charge is 0.160 e. The van der Waals surface area contributed by atoms with E-state index in [0.717, 1.165) is 67.1 Å². The molecule has 3 aromatic heterocycles. The molecule has 0 bridgehead atoms. The molecule has 4 heteroatoms. The van der Waals surface area contributed by atoms with E-state index in [4.69, 9.17) is 9.97 Å². The Bertz CT molecular complexity index is 4670. The summed E-state index contributed by atoms with van der Waals surface area (Å²) < 4.78 is 4.80. The minimum absolute atomic E-state index is 0.652. The average Bonchev–Trinajstić information content (AvgIpc) is 4.01. The molecule has 0 aliphatic rings. The second-order valence-corrected chi connectivity index (χ2v) is 19.3. The molecule has 15 rings (SSSR count). The van der Waals surface area contributed by atoms with Crippen LogP contribution in [0.15, 0.2) is 267 Å². The van der Waals surface area contributed by atoms with Crippen LogP contribution in [0.1, 0.15) is 0 Å². The maximum Gasteiger partial charge on any atom is 0.160 e. The Morgan fingerprint density at radius 2 is 0.635 bits per heavy atom. The van der Waals surface area contributed by atoms with Gasteiger partial charge in [0.1, 0.15) is 0 Å². The van der Waals surface area contributed by atoms with Crippen molar-refractivity contribution in [1.82, 2.24) is 19.1 Å². The van der Waals surface area contributed by atoms with Crippen LogP contribution in [-0.4, -0.2) is 19.1 Å². The van der Waals surface area contributed by atoms with Gasteiger partial charge in [-0.3, -0.25) is 0 Å². The Kier molecular flexibility index (Phi) is 9.54. The van der Waals surface area contributed by atoms with Crippen LogP contribution < -0.4 is 0 Å². The predicted octanol–water partition coefficient (Wildman–Crippen LogP) is 18.5. The van der Waals surface area contributed by atoms with Crippen molar-refractivity contribution in [2.45, 2.75) is 0 Å². The lowest BCUT2D eigenvalue weighted by Crippen LogP contribution is -1.99. The van der Waals surface area contributed by atoms with Gasteiger partial charge in [-0.2, -0.15) is 0 Å². The molecule has 0 saturated heterocycles. The minimum Gasteiger partial charge on any atom is -0.309 e. The van der Waals surface area contributed by atoms with E-state index in [1.165, 1.54) is 70.5 Å². The molecule has 0 aliphatic carbocycles. The number of rotatable bonds is 7. The number of benzene rings is 12. The summed E-state index contributed by atoms with van der Waals surface area (Å²) in [5.74, 6) is 0.652. The average molecular weight is 941 g/mol. The van der Waals surface area contributed by atoms with Crippen LogP contribution in [0.25, 0.3) is 143 Å². The predicted molar refractivity (Wildman–Crippen MR) is 310 cm³/mol. The Morgan fingerprint density at radius 1 is 0.203 bits per heavy atom. The van der Waals surface area contributed by atoms with E-state index < -0.39 is 0 Å². The first-order valence-electron chi connectivity index (χ1n) is 25.3. The Morgan fingerprint density at radius 3 is 1.30 bits per heavy atom. The van der Waals surface area contributed by atoms with E-state index in [1.807, 2.05) is 0 Å². The molecule has 344 valence electrons. The molecule has 0 fully saturated rings. The molecule has 0 spiro atoms. The van der Waals surface area contributed by atoms with Crippen LogP contribution in [0.5, 0.6) is 0 Å². The Balaban J connectivity index is 0.996. The van der Waals surface area contributed by atoms with E-state index in [-0.39, 0.29) is 0 Å². The summed E-state index contributed by atoms with van der Waals surface area (Å²) in [4.78, 5) is 11.1. The fourth-order valence-corrected chi connectivity index (χ4v) is 11.7. The van der Waals surface area contributed by atoms with E-state index in [2.05, 4.69) is 276 Å². The second-order valence-electron chi connectivity index (χ2n) is 19.3. The standard InChI is InChI=1S/C70H44N4/c1-4-18-45(19-5-1)48-33-36-61-59-28-14-16-30-66(59)74(69(61)43-48)53-39-50(47-32-35-58-56-26-11-10-24-54(56)55-25-12-13-27-57(55)62(58)41-47)38-51(40-53)70-71-64(46-20-6-2-7-21-46)44-65(72-70)49-34-37-68-63(42-49)60-29-15-17-31-67(60)73(68)52-22-8-3-9-23-52/h1-44H. The van der Waals surface area contributed by atoms with Gasteiger partial charge in [-0.1, -0.05) is 194 Å². The summed E-state index contributed by atoms with van der Waals surface area (Å²) in [6.45, 7) is 0. The van der Waals surface area contributed by atoms with Gasteiger partial charge in [-0.15, -0.1) is 0 Å². The van der Waals surface area contributed by atoms with Crippen molar-refractivity contribution in [3.63, 3.8) is 0 Å². The molecule has 3 heterocycles. The lowest BCUT2D eigenvalue weighted by molar-refractivity contribution is 1.16. The van der Waals surface area contributed by atoms with Gasteiger partial charge >= 0.3 is 0 Å². The third-order valence-electron chi connectivity index (χ3n) is 15.1. The van der Waals surface area contributed by atoms with E-state index in [9.17, 15) is 0 Å². The van der Waals surface area contributed by atoms with Gasteiger partial charge in [0.05, 0.1) is 33.5 Å². The van der Waals surface area contributed by atoms with Crippen molar-refractivity contribution in [2.75, 3.05) is 0 Å². The number of aromatic nitrogens is 4. The quantitative estimate of drug-likeness (QED) is 0.149. The van der Waals surface area contributed by atoms with Crippen molar-refractivity contribution in [3.8, 4) is 67.5 Å². The third-order valence-corrected chi connectivity index (χ3v) is 15.1. The molecule has 0 N–H and O–H groups in total. The van der Waals surface area contributed by atoms with Gasteiger partial charge in [0.2, 0.25) is 0 Å². The summed E-state index contributed by atoms with van der Waals surface area (Å²) in [7, 11) is 0. The first kappa shape index (κ1) is 41.8. The summed E-state index contributed by atoms with van der Waals surface area (Å²) in [5, 5.41) is 12.2. The number of nitrogens with zero attached hydrogens (tertiary/aromatic N) is 4. The molecule has 0 aliphatic heterocycles. The van der Waals surface area contributed by atoms with Gasteiger partial charge in [-0.25, -0.2) is 9.97 Å². The second kappa shape index (κ2) is 16.9. The fraction of sp³-hybridized carbons (Fsp3) is 0. The molecule has 0 amide bonds. The molecule has 0 atom stereocenters. The van der Waals surface area contributed by atoms with E-state index in [0.29, 0.717) is 5.82 Å². The largest absolute Gasteiger partial charge is 0.309 e. The van der Waals surface area contributed by atoms with Crippen LogP contribution >= 0.6 is 0 Å². The highest BCUT2D eigenvalue weighted by Gasteiger charge is 2.20. The maximum atomic E-state index is 5.58. The van der Waals surface area contributed by atoms with Gasteiger partial charge in [0, 0.05) is 49.6 Å². The lowest BCUT2D eigenvalue weighted by atomic mass is 9.91. The van der Waals surface area contributed by atoms with Gasteiger partial charge in [0.25, 0.3) is 0 Å². The van der Waals surface area contributed by atoms with E-state index in [1.54, 1.807) is 0 Å². The Labute approximate surface area is 427 Å². The van der Waals surface area contributed by atoms with Crippen molar-refractivity contribution in [2.24, 2.45) is 0 Å². The summed E-state index contributed by atoms with van der Waals surface area (Å²) in [6, 6.07) is 96.6. The van der Waals surface area contributed by atoms with Crippen LogP contribution in [0, 0.1) is 0 Å². The molecule has 4 nitrogen and oxygen atoms in total. The molecular formula is C70H44N4. The van der Waals surface area contributed by atoms with Crippen LogP contribution in [0.3, 0.4) is 0 Å². The molecule has 0 unspecified atom stereocenters. The van der Waals surface area contributed by atoms with Gasteiger partial charge in [-0.05, 0) is 127 Å². The molecular weight excluding hydrogens is 897 g/mol. The monoisotopic (exact) mass is 940 g/mol. The normalized spacial score (nSPS) is 11.8. The van der Waals surface area contributed by atoms with Gasteiger partial charge in [0.15, 0.2) is 5.82 Å². The molecule has 74 heavy (non-hydrogen) atoms. The Hall–Kier alpha value is -9.90. The molecule has 0 radical (unpaired) electrons. The van der Waals surface area contributed by atoms with Crippen molar-refractivity contribution >= 4 is 75.9 Å². The zero-order chi connectivity index (χ0) is 48.7. The zero-order valence-electron chi connectivity index (χ0n) is 40.2. The number of hydrogen-bond acceptors (Lipinski definition) is 2. The SMILES string of the molecule is c1ccc(-c2ccc3c4ccccc4n(-c4cc(-c5ccc6c7ccccc7c7ccccc7c6c5)cc(-c5nc(-c6ccccc6)cc(-c6ccc7c(c6)c6ccccc6n7-c6ccccc6)n5)c4)c3c2)cc1. The minimum atomic E-state index is 0.652. The highest BCUT2D eigenvalue weighted by Crippen LogP contribution is 2.42. The highest BCUT2D eigenvalue weighted by atomic mass is 15.0. The number of para-hydroxylation sites is 3. The number of hydrogen-bond donors (Lipinski definition) is 0. The summed E-state index contributed by atoms with van der Waals surface area (Å²) >= 11 is 0. The maximum absolute atomic E-state index is 5.58. The van der Waals surface area contributed by atoms with Crippen LogP contribution in [-0.2, 0) is 0 Å². The topological polar surface area (TPSA) is 35.6 Å². The first-order valence-corrected chi connectivity index (χ1v) is 25.3. The van der Waals surface area contributed by atoms with Gasteiger partial charge < -0.3 is 9.13 Å². The molecule has 12 aromatic carbocycles.